The Labute approximate surface area is 271 Å². The van der Waals surface area contributed by atoms with E-state index in [2.05, 4.69) is 20.9 Å². The molecule has 0 aliphatic heterocycles. The van der Waals surface area contributed by atoms with Crippen LogP contribution in [0.25, 0.3) is 11.1 Å². The largest absolute Gasteiger partial charge is 0.493 e. The Morgan fingerprint density at radius 3 is 2.41 bits per heavy atom. The van der Waals surface area contributed by atoms with Crippen molar-refractivity contribution in [1.29, 1.82) is 0 Å². The summed E-state index contributed by atoms with van der Waals surface area (Å²) in [7, 11) is 5.93. The Bertz CT molecular complexity index is 1690. The number of carbonyl (C=O) groups is 3. The lowest BCUT2D eigenvalue weighted by atomic mass is 9.95. The van der Waals surface area contributed by atoms with Crippen LogP contribution in [0.5, 0.6) is 17.2 Å². The summed E-state index contributed by atoms with van der Waals surface area (Å²) in [5.41, 5.74) is 3.37. The first kappa shape index (κ1) is 34.2. The summed E-state index contributed by atoms with van der Waals surface area (Å²) in [4.78, 5) is 55.4. The summed E-state index contributed by atoms with van der Waals surface area (Å²) in [5, 5.41) is 9.25. The number of fused-ring (bicyclic) bond motifs is 3. The molecular formula is C33H40N4O8S. The summed E-state index contributed by atoms with van der Waals surface area (Å²) in [6.07, 6.45) is 1.74. The molecule has 246 valence electrons. The van der Waals surface area contributed by atoms with Crippen molar-refractivity contribution in [3.05, 3.63) is 56.2 Å². The maximum atomic E-state index is 13.5. The molecule has 1 unspecified atom stereocenters. The van der Waals surface area contributed by atoms with Gasteiger partial charge < -0.3 is 34.9 Å². The lowest BCUT2D eigenvalue weighted by molar-refractivity contribution is -0.119. The summed E-state index contributed by atoms with van der Waals surface area (Å²) in [6.45, 7) is 5.67. The highest BCUT2D eigenvalue weighted by Gasteiger charge is 2.29. The van der Waals surface area contributed by atoms with Crippen LogP contribution in [0.15, 0.2) is 29.1 Å². The van der Waals surface area contributed by atoms with Gasteiger partial charge in [-0.05, 0) is 60.1 Å². The minimum absolute atomic E-state index is 0.0397. The fourth-order valence-electron chi connectivity index (χ4n) is 5.53. The fourth-order valence-corrected chi connectivity index (χ4v) is 6.50. The maximum absolute atomic E-state index is 13.5. The topological polar surface area (TPSA) is 154 Å². The third kappa shape index (κ3) is 7.41. The second-order valence-corrected chi connectivity index (χ2v) is 12.1. The molecule has 0 fully saturated rings. The summed E-state index contributed by atoms with van der Waals surface area (Å²) in [6, 6.07) is 6.57. The number of aromatic nitrogens is 1. The number of rotatable bonds is 12. The van der Waals surface area contributed by atoms with Crippen molar-refractivity contribution in [1.82, 2.24) is 10.3 Å². The monoisotopic (exact) mass is 652 g/mol. The van der Waals surface area contributed by atoms with E-state index in [9.17, 15) is 19.2 Å². The number of esters is 1. The molecular weight excluding hydrogens is 612 g/mol. The number of thiazole rings is 1. The number of aryl methyl sites for hydroxylation is 1. The van der Waals surface area contributed by atoms with E-state index in [-0.39, 0.29) is 35.3 Å². The van der Waals surface area contributed by atoms with Crippen LogP contribution in [-0.4, -0.2) is 57.8 Å². The molecule has 3 aromatic rings. The van der Waals surface area contributed by atoms with Gasteiger partial charge in [0.25, 0.3) is 0 Å². The third-order valence-electron chi connectivity index (χ3n) is 7.61. The van der Waals surface area contributed by atoms with Crippen LogP contribution < -0.4 is 35.6 Å². The average Bonchev–Trinajstić information content (AvgIpc) is 3.31. The number of methoxy groups -OCH3 is 4. The van der Waals surface area contributed by atoms with Gasteiger partial charge in [0.15, 0.2) is 22.3 Å². The number of nitrogens with one attached hydrogen (secondary N) is 3. The molecule has 13 heteroatoms. The van der Waals surface area contributed by atoms with E-state index in [4.69, 9.17) is 18.9 Å². The summed E-state index contributed by atoms with van der Waals surface area (Å²) in [5.74, 6) is 0.444. The molecule has 3 N–H and O–H groups in total. The van der Waals surface area contributed by atoms with Crippen LogP contribution in [0.4, 0.5) is 10.8 Å². The molecule has 1 aliphatic rings. The van der Waals surface area contributed by atoms with Gasteiger partial charge in [-0.2, -0.15) is 0 Å². The van der Waals surface area contributed by atoms with E-state index in [1.165, 1.54) is 32.5 Å². The van der Waals surface area contributed by atoms with Gasteiger partial charge in [-0.25, -0.2) is 9.78 Å². The van der Waals surface area contributed by atoms with Gasteiger partial charge in [-0.1, -0.05) is 19.9 Å². The van der Waals surface area contributed by atoms with Crippen LogP contribution >= 0.6 is 11.3 Å². The Morgan fingerprint density at radius 2 is 1.78 bits per heavy atom. The van der Waals surface area contributed by atoms with Crippen molar-refractivity contribution in [2.75, 3.05) is 45.6 Å². The molecule has 1 aliphatic carbocycles. The molecule has 0 saturated carbocycles. The van der Waals surface area contributed by atoms with Crippen molar-refractivity contribution in [2.45, 2.75) is 58.4 Å². The van der Waals surface area contributed by atoms with Gasteiger partial charge in [-0.3, -0.25) is 14.4 Å². The molecule has 2 amide bonds. The molecule has 1 aromatic heterocycles. The van der Waals surface area contributed by atoms with E-state index in [1.807, 2.05) is 26.0 Å². The van der Waals surface area contributed by atoms with Crippen molar-refractivity contribution in [2.24, 2.45) is 0 Å². The molecule has 1 heterocycles. The Morgan fingerprint density at radius 1 is 1.04 bits per heavy atom. The Hall–Kier alpha value is -4.65. The molecule has 46 heavy (non-hydrogen) atoms. The van der Waals surface area contributed by atoms with E-state index < -0.39 is 12.0 Å². The van der Waals surface area contributed by atoms with Gasteiger partial charge in [0.1, 0.15) is 0 Å². The minimum Gasteiger partial charge on any atom is -0.493 e. The first-order valence-electron chi connectivity index (χ1n) is 14.9. The number of carbonyl (C=O) groups excluding carboxylic acids is 3. The second-order valence-electron chi connectivity index (χ2n) is 11.1. The minimum atomic E-state index is -0.546. The van der Waals surface area contributed by atoms with Gasteiger partial charge in [0.05, 0.1) is 40.2 Å². The van der Waals surface area contributed by atoms with Crippen LogP contribution in [0.2, 0.25) is 0 Å². The molecule has 2 aromatic carbocycles. The number of hydrogen-bond acceptors (Lipinski definition) is 11. The van der Waals surface area contributed by atoms with E-state index in [0.29, 0.717) is 59.4 Å². The van der Waals surface area contributed by atoms with Crippen LogP contribution in [-0.2, 0) is 20.7 Å². The average molecular weight is 653 g/mol. The zero-order chi connectivity index (χ0) is 33.5. The Balaban J connectivity index is 1.57. The number of ether oxygens (including phenoxy) is 4. The number of hydrogen-bond donors (Lipinski definition) is 3. The van der Waals surface area contributed by atoms with E-state index >= 15 is 0 Å². The fraction of sp³-hybridized carbons (Fsp3) is 0.424. The smallest absolute Gasteiger partial charge is 0.357 e. The zero-order valence-electron chi connectivity index (χ0n) is 27.1. The molecule has 4 rings (SSSR count). The summed E-state index contributed by atoms with van der Waals surface area (Å²) < 4.78 is 21.9. The summed E-state index contributed by atoms with van der Waals surface area (Å²) >= 11 is 1.24. The second kappa shape index (κ2) is 15.1. The standard InChI is InChI=1S/C33H40N4O8S/c1-17(2)31-28(32(41)45-7)37-33(46-31)36-26(40)9-8-14-34-23-13-11-20-21(16-24(23)39)22(35-18(3)38)12-10-19-15-25(42-4)29(43-5)30(44-6)27(19)20/h11,13,15-17,22H,8-10,12,14H2,1-7H3,(H,34,39)(H,35,38)(H,36,37,40). The predicted octanol–water partition coefficient (Wildman–Crippen LogP) is 5.06. The van der Waals surface area contributed by atoms with Gasteiger partial charge in [-0.15, -0.1) is 11.3 Å². The molecule has 0 saturated heterocycles. The van der Waals surface area contributed by atoms with Crippen molar-refractivity contribution >= 4 is 39.9 Å². The molecule has 0 bridgehead atoms. The first-order valence-corrected chi connectivity index (χ1v) is 15.7. The molecule has 12 nitrogen and oxygen atoms in total. The van der Waals surface area contributed by atoms with Gasteiger partial charge >= 0.3 is 5.97 Å². The van der Waals surface area contributed by atoms with Crippen LogP contribution in [0.3, 0.4) is 0 Å². The number of anilines is 2. The molecule has 1 atom stereocenters. The maximum Gasteiger partial charge on any atom is 0.357 e. The number of nitrogens with zero attached hydrogens (tertiary/aromatic N) is 1. The lowest BCUT2D eigenvalue weighted by Gasteiger charge is -2.19. The number of benzene rings is 1. The Kier molecular flexibility index (Phi) is 11.2. The van der Waals surface area contributed by atoms with E-state index in [0.717, 1.165) is 21.6 Å². The SMILES string of the molecule is COC(=O)c1nc(NC(=O)CCCNc2ccc3c(cc2=O)C(NC(C)=O)CCc2cc(OC)c(OC)c(OC)c2-3)sc1C(C)C. The van der Waals surface area contributed by atoms with Crippen molar-refractivity contribution < 1.29 is 33.3 Å². The lowest BCUT2D eigenvalue weighted by Crippen LogP contribution is -2.26. The normalized spacial score (nSPS) is 13.5. The highest BCUT2D eigenvalue weighted by molar-refractivity contribution is 7.16. The first-order chi connectivity index (χ1) is 22.0. The molecule has 0 spiro atoms. The number of amides is 2. The predicted molar refractivity (Wildman–Crippen MR) is 177 cm³/mol. The quantitative estimate of drug-likeness (QED) is 0.179. The van der Waals surface area contributed by atoms with Crippen LogP contribution in [0, 0.1) is 0 Å². The third-order valence-corrected chi connectivity index (χ3v) is 8.89. The van der Waals surface area contributed by atoms with Crippen molar-refractivity contribution in [3.8, 4) is 28.4 Å². The highest BCUT2D eigenvalue weighted by atomic mass is 32.1. The highest BCUT2D eigenvalue weighted by Crippen LogP contribution is 2.50. The van der Waals surface area contributed by atoms with Crippen molar-refractivity contribution in [3.63, 3.8) is 0 Å². The zero-order valence-corrected chi connectivity index (χ0v) is 27.9. The van der Waals surface area contributed by atoms with Gasteiger partial charge in [0.2, 0.25) is 23.0 Å². The molecule has 0 radical (unpaired) electrons. The van der Waals surface area contributed by atoms with E-state index in [1.54, 1.807) is 26.4 Å². The van der Waals surface area contributed by atoms with Crippen LogP contribution in [0.1, 0.15) is 78.5 Å². The van der Waals surface area contributed by atoms with Gasteiger partial charge in [0, 0.05) is 30.3 Å².